The zero-order valence-corrected chi connectivity index (χ0v) is 13.5. The van der Waals surface area contributed by atoms with Crippen LogP contribution in [0.15, 0.2) is 47.1 Å². The molecule has 2 aliphatic heterocycles. The fourth-order valence-electron chi connectivity index (χ4n) is 3.00. The molecule has 24 heavy (non-hydrogen) atoms. The lowest BCUT2D eigenvalue weighted by atomic mass is 9.81. The molecule has 6 heteroatoms. The molecule has 6 nitrogen and oxygen atoms in total. The number of esters is 1. The third-order valence-corrected chi connectivity index (χ3v) is 4.02. The van der Waals surface area contributed by atoms with E-state index in [0.29, 0.717) is 24.4 Å². The summed E-state index contributed by atoms with van der Waals surface area (Å²) in [5.41, 5.74) is 7.24. The van der Waals surface area contributed by atoms with Crippen molar-refractivity contribution in [3.8, 4) is 11.8 Å². The highest BCUT2D eigenvalue weighted by Crippen LogP contribution is 2.43. The number of nitrogens with two attached hydrogens (primary N) is 1. The van der Waals surface area contributed by atoms with Crippen LogP contribution in [-0.2, 0) is 14.3 Å². The van der Waals surface area contributed by atoms with Crippen LogP contribution in [0.3, 0.4) is 0 Å². The van der Waals surface area contributed by atoms with E-state index in [-0.39, 0.29) is 17.6 Å². The van der Waals surface area contributed by atoms with Crippen molar-refractivity contribution in [2.45, 2.75) is 32.3 Å². The first-order valence-corrected chi connectivity index (χ1v) is 7.79. The Hall–Kier alpha value is -2.94. The van der Waals surface area contributed by atoms with Gasteiger partial charge in [-0.15, -0.1) is 0 Å². The molecule has 0 radical (unpaired) electrons. The van der Waals surface area contributed by atoms with Gasteiger partial charge in [-0.25, -0.2) is 4.79 Å². The second-order valence-corrected chi connectivity index (χ2v) is 5.68. The van der Waals surface area contributed by atoms with Crippen LogP contribution >= 0.6 is 0 Å². The van der Waals surface area contributed by atoms with Crippen molar-refractivity contribution in [3.63, 3.8) is 0 Å². The number of ether oxygens (including phenoxy) is 3. The van der Waals surface area contributed by atoms with Gasteiger partial charge in [0.15, 0.2) is 0 Å². The molecule has 0 spiro atoms. The molecule has 2 aliphatic rings. The normalized spacial score (nSPS) is 23.1. The minimum atomic E-state index is -0.588. The summed E-state index contributed by atoms with van der Waals surface area (Å²) in [4.78, 5) is 12.4. The van der Waals surface area contributed by atoms with Gasteiger partial charge in [-0.05, 0) is 31.5 Å². The minimum absolute atomic E-state index is 0.0389. The highest BCUT2D eigenvalue weighted by atomic mass is 16.6. The molecule has 2 heterocycles. The van der Waals surface area contributed by atoms with E-state index in [2.05, 4.69) is 6.07 Å². The lowest BCUT2D eigenvalue weighted by Crippen LogP contribution is -2.33. The summed E-state index contributed by atoms with van der Waals surface area (Å²) < 4.78 is 16.3. The van der Waals surface area contributed by atoms with Gasteiger partial charge in [-0.1, -0.05) is 12.1 Å². The number of nitriles is 1. The van der Waals surface area contributed by atoms with Crippen LogP contribution in [-0.4, -0.2) is 18.7 Å². The Balaban J connectivity index is 2.08. The van der Waals surface area contributed by atoms with Gasteiger partial charge in [0.2, 0.25) is 5.88 Å². The summed E-state index contributed by atoms with van der Waals surface area (Å²) >= 11 is 0. The molecule has 0 fully saturated rings. The fraction of sp³-hybridized carbons (Fsp3) is 0.333. The Morgan fingerprint density at radius 1 is 1.38 bits per heavy atom. The zero-order chi connectivity index (χ0) is 17.3. The molecule has 2 unspecified atom stereocenters. The second kappa shape index (κ2) is 6.28. The molecular weight excluding hydrogens is 308 g/mol. The molecule has 1 aromatic carbocycles. The molecule has 0 aromatic heterocycles. The fourth-order valence-corrected chi connectivity index (χ4v) is 3.00. The van der Waals surface area contributed by atoms with E-state index in [4.69, 9.17) is 19.9 Å². The van der Waals surface area contributed by atoms with Crippen molar-refractivity contribution in [2.75, 3.05) is 6.61 Å². The highest BCUT2D eigenvalue weighted by Gasteiger charge is 2.41. The van der Waals surface area contributed by atoms with Crippen LogP contribution in [0.2, 0.25) is 0 Å². The zero-order valence-electron chi connectivity index (χ0n) is 13.5. The lowest BCUT2D eigenvalue weighted by Gasteiger charge is -2.32. The van der Waals surface area contributed by atoms with E-state index in [1.165, 1.54) is 0 Å². The van der Waals surface area contributed by atoms with Crippen molar-refractivity contribution in [1.82, 2.24) is 0 Å². The van der Waals surface area contributed by atoms with E-state index < -0.39 is 11.9 Å². The monoisotopic (exact) mass is 326 g/mol. The number of hydrogen-bond acceptors (Lipinski definition) is 6. The van der Waals surface area contributed by atoms with Crippen molar-refractivity contribution in [2.24, 2.45) is 5.73 Å². The molecule has 0 saturated carbocycles. The van der Waals surface area contributed by atoms with Crippen LogP contribution in [0.5, 0.6) is 5.75 Å². The number of allylic oxidation sites excluding steroid dienone is 1. The van der Waals surface area contributed by atoms with Gasteiger partial charge in [-0.2, -0.15) is 5.26 Å². The maximum absolute atomic E-state index is 12.4. The first kappa shape index (κ1) is 15.9. The number of hydrogen-bond donors (Lipinski definition) is 1. The molecule has 0 amide bonds. The summed E-state index contributed by atoms with van der Waals surface area (Å²) in [6.07, 6.45) is 0.155. The third kappa shape index (κ3) is 2.69. The summed E-state index contributed by atoms with van der Waals surface area (Å²) in [6, 6.07) is 9.31. The van der Waals surface area contributed by atoms with Crippen LogP contribution in [0.4, 0.5) is 0 Å². The van der Waals surface area contributed by atoms with Gasteiger partial charge in [0.25, 0.3) is 0 Å². The van der Waals surface area contributed by atoms with E-state index >= 15 is 0 Å². The van der Waals surface area contributed by atoms with Crippen molar-refractivity contribution in [3.05, 3.63) is 52.6 Å². The van der Waals surface area contributed by atoms with Crippen LogP contribution < -0.4 is 10.5 Å². The number of rotatable bonds is 3. The second-order valence-electron chi connectivity index (χ2n) is 5.68. The average Bonchev–Trinajstić information content (AvgIpc) is 2.54. The average molecular weight is 326 g/mol. The van der Waals surface area contributed by atoms with Crippen LogP contribution in [0.1, 0.15) is 31.7 Å². The van der Waals surface area contributed by atoms with Gasteiger partial charge >= 0.3 is 5.97 Å². The Kier molecular flexibility index (Phi) is 4.17. The van der Waals surface area contributed by atoms with E-state index in [9.17, 15) is 10.1 Å². The topological polar surface area (TPSA) is 94.6 Å². The Morgan fingerprint density at radius 2 is 2.08 bits per heavy atom. The molecule has 124 valence electrons. The first-order chi connectivity index (χ1) is 11.5. The Bertz CT molecular complexity index is 771. The number of carbonyl (C=O) groups is 1. The van der Waals surface area contributed by atoms with Gasteiger partial charge in [0.1, 0.15) is 29.3 Å². The number of nitrogens with zero attached hydrogens (tertiary/aromatic N) is 1. The summed E-state index contributed by atoms with van der Waals surface area (Å²) in [7, 11) is 0. The number of cyclic esters (lactones) is 1. The maximum Gasteiger partial charge on any atom is 0.338 e. The molecule has 0 aliphatic carbocycles. The van der Waals surface area contributed by atoms with Gasteiger partial charge in [0.05, 0.1) is 18.1 Å². The molecule has 0 bridgehead atoms. The summed E-state index contributed by atoms with van der Waals surface area (Å²) in [5, 5.41) is 9.49. The van der Waals surface area contributed by atoms with Crippen molar-refractivity contribution >= 4 is 5.97 Å². The van der Waals surface area contributed by atoms with Gasteiger partial charge in [-0.3, -0.25) is 0 Å². The minimum Gasteiger partial charge on any atom is -0.494 e. The van der Waals surface area contributed by atoms with Crippen LogP contribution in [0.25, 0.3) is 0 Å². The molecule has 1 aromatic rings. The molecule has 2 N–H and O–H groups in total. The van der Waals surface area contributed by atoms with Crippen molar-refractivity contribution in [1.29, 1.82) is 5.26 Å². The highest BCUT2D eigenvalue weighted by molar-refractivity contribution is 5.93. The predicted octanol–water partition coefficient (Wildman–Crippen LogP) is 2.48. The summed E-state index contributed by atoms with van der Waals surface area (Å²) in [6.45, 7) is 4.25. The largest absolute Gasteiger partial charge is 0.494 e. The number of benzene rings is 1. The molecular formula is C18H18N2O4. The third-order valence-electron chi connectivity index (χ3n) is 4.02. The molecule has 0 saturated heterocycles. The van der Waals surface area contributed by atoms with E-state index in [0.717, 1.165) is 11.3 Å². The molecule has 3 rings (SSSR count). The lowest BCUT2D eigenvalue weighted by molar-refractivity contribution is -0.146. The van der Waals surface area contributed by atoms with Crippen molar-refractivity contribution < 1.29 is 19.0 Å². The first-order valence-electron chi connectivity index (χ1n) is 7.79. The molecule has 2 atom stereocenters. The Morgan fingerprint density at radius 3 is 2.71 bits per heavy atom. The predicted molar refractivity (Wildman–Crippen MR) is 85.5 cm³/mol. The standard InChI is InChI=1S/C18H18N2O4/c1-3-22-12-6-4-11(5-7-12)15-13(9-19)17(20)24-14-8-10(2)23-18(21)16(14)15/h4-7,10,15H,3,8,20H2,1-2H3. The van der Waals surface area contributed by atoms with Gasteiger partial charge in [0, 0.05) is 6.42 Å². The quantitative estimate of drug-likeness (QED) is 0.858. The van der Waals surface area contributed by atoms with E-state index in [1.807, 2.05) is 19.1 Å². The Labute approximate surface area is 140 Å². The number of carbonyl (C=O) groups excluding carboxylic acids is 1. The van der Waals surface area contributed by atoms with Crippen LogP contribution in [0, 0.1) is 11.3 Å². The smallest absolute Gasteiger partial charge is 0.338 e. The SMILES string of the molecule is CCOc1ccc(C2C(C#N)=C(N)OC3=C2C(=O)OC(C)C3)cc1. The van der Waals surface area contributed by atoms with E-state index in [1.54, 1.807) is 19.1 Å². The maximum atomic E-state index is 12.4. The summed E-state index contributed by atoms with van der Waals surface area (Å²) in [5.74, 6) is 0.182. The van der Waals surface area contributed by atoms with Gasteiger partial charge < -0.3 is 19.9 Å².